The van der Waals surface area contributed by atoms with Gasteiger partial charge in [0.2, 0.25) is 0 Å². The number of nitrogens with one attached hydrogen (secondary N) is 1. The summed E-state index contributed by atoms with van der Waals surface area (Å²) >= 11 is 0. The van der Waals surface area contributed by atoms with Crippen molar-refractivity contribution >= 4 is 0 Å². The van der Waals surface area contributed by atoms with Crippen LogP contribution in [-0.2, 0) is 4.74 Å². The minimum absolute atomic E-state index is 0.271. The lowest BCUT2D eigenvalue weighted by atomic mass is 9.64. The molecule has 3 nitrogen and oxygen atoms in total. The molecular weight excluding hydrogens is 212 g/mol. The molecule has 0 aromatic rings. The second-order valence-corrected chi connectivity index (χ2v) is 6.45. The highest BCUT2D eigenvalue weighted by Gasteiger charge is 2.48. The average molecular weight is 240 g/mol. The van der Waals surface area contributed by atoms with E-state index in [2.05, 4.69) is 19.2 Å². The molecule has 4 unspecified atom stereocenters. The molecule has 2 rings (SSSR count). The fraction of sp³-hybridized carbons (Fsp3) is 1.00. The standard InChI is InChI=1S/C14H28N2O/c1-14(2)12(8-13(14)17-3)16-9-10-6-4-5-7-11(10)15/h10-13,16H,4-9,15H2,1-3H3. The quantitative estimate of drug-likeness (QED) is 0.789. The van der Waals surface area contributed by atoms with Gasteiger partial charge in [-0.3, -0.25) is 0 Å². The van der Waals surface area contributed by atoms with Gasteiger partial charge in [0.25, 0.3) is 0 Å². The van der Waals surface area contributed by atoms with Crippen LogP contribution < -0.4 is 11.1 Å². The molecule has 2 saturated carbocycles. The Balaban J connectivity index is 1.76. The van der Waals surface area contributed by atoms with E-state index in [0.29, 0.717) is 24.1 Å². The summed E-state index contributed by atoms with van der Waals surface area (Å²) in [5.74, 6) is 0.682. The molecule has 0 radical (unpaired) electrons. The lowest BCUT2D eigenvalue weighted by Crippen LogP contribution is -2.61. The number of hydrogen-bond acceptors (Lipinski definition) is 3. The van der Waals surface area contributed by atoms with E-state index >= 15 is 0 Å². The maximum absolute atomic E-state index is 6.18. The first-order chi connectivity index (χ1) is 8.05. The van der Waals surface area contributed by atoms with E-state index in [0.717, 1.165) is 13.0 Å². The van der Waals surface area contributed by atoms with Crippen molar-refractivity contribution in [2.45, 2.75) is 64.1 Å². The van der Waals surface area contributed by atoms with E-state index in [9.17, 15) is 0 Å². The molecule has 0 aromatic heterocycles. The Bertz CT molecular complexity index is 255. The SMILES string of the molecule is COC1CC(NCC2CCCCC2N)C1(C)C. The van der Waals surface area contributed by atoms with Gasteiger partial charge < -0.3 is 15.8 Å². The number of rotatable bonds is 4. The molecule has 0 amide bonds. The maximum atomic E-state index is 6.18. The summed E-state index contributed by atoms with van der Waals surface area (Å²) in [6.07, 6.45) is 6.74. The van der Waals surface area contributed by atoms with Crippen molar-refractivity contribution in [3.05, 3.63) is 0 Å². The van der Waals surface area contributed by atoms with Crippen LogP contribution in [-0.4, -0.2) is 31.8 Å². The Morgan fingerprint density at radius 2 is 2.00 bits per heavy atom. The van der Waals surface area contributed by atoms with Crippen LogP contribution in [0.3, 0.4) is 0 Å². The lowest BCUT2D eigenvalue weighted by Gasteiger charge is -2.52. The molecule has 0 bridgehead atoms. The molecule has 2 fully saturated rings. The third-order valence-electron chi connectivity index (χ3n) is 5.06. The summed E-state index contributed by atoms with van der Waals surface area (Å²) in [6.45, 7) is 5.68. The molecular formula is C14H28N2O. The average Bonchev–Trinajstić information content (AvgIpc) is 2.30. The van der Waals surface area contributed by atoms with Crippen LogP contribution in [0.15, 0.2) is 0 Å². The minimum atomic E-state index is 0.271. The Morgan fingerprint density at radius 1 is 1.29 bits per heavy atom. The second-order valence-electron chi connectivity index (χ2n) is 6.45. The van der Waals surface area contributed by atoms with Gasteiger partial charge in [0.15, 0.2) is 0 Å². The summed E-state index contributed by atoms with van der Waals surface area (Å²) in [5.41, 5.74) is 6.45. The van der Waals surface area contributed by atoms with Gasteiger partial charge in [-0.05, 0) is 31.7 Å². The van der Waals surface area contributed by atoms with E-state index in [1.165, 1.54) is 25.7 Å². The topological polar surface area (TPSA) is 47.3 Å². The van der Waals surface area contributed by atoms with Gasteiger partial charge in [-0.15, -0.1) is 0 Å². The second kappa shape index (κ2) is 5.25. The van der Waals surface area contributed by atoms with Gasteiger partial charge in [0.05, 0.1) is 6.10 Å². The van der Waals surface area contributed by atoms with Crippen molar-refractivity contribution in [1.82, 2.24) is 5.32 Å². The predicted octanol–water partition coefficient (Wildman–Crippen LogP) is 1.91. The first-order valence-electron chi connectivity index (χ1n) is 7.07. The molecule has 0 aliphatic heterocycles. The third kappa shape index (κ3) is 2.67. The molecule has 0 spiro atoms. The minimum Gasteiger partial charge on any atom is -0.381 e. The zero-order valence-electron chi connectivity index (χ0n) is 11.5. The van der Waals surface area contributed by atoms with Crippen molar-refractivity contribution in [2.75, 3.05) is 13.7 Å². The van der Waals surface area contributed by atoms with Crippen LogP contribution in [0.4, 0.5) is 0 Å². The van der Waals surface area contributed by atoms with E-state index in [1.54, 1.807) is 0 Å². The van der Waals surface area contributed by atoms with Crippen molar-refractivity contribution in [1.29, 1.82) is 0 Å². The van der Waals surface area contributed by atoms with Gasteiger partial charge in [0, 0.05) is 24.6 Å². The Kier molecular flexibility index (Phi) is 4.11. The summed E-state index contributed by atoms with van der Waals surface area (Å²) in [6, 6.07) is 1.01. The number of ether oxygens (including phenoxy) is 1. The highest BCUT2D eigenvalue weighted by molar-refractivity contribution is 5.03. The lowest BCUT2D eigenvalue weighted by molar-refractivity contribution is -0.0984. The van der Waals surface area contributed by atoms with Crippen molar-refractivity contribution in [3.8, 4) is 0 Å². The van der Waals surface area contributed by atoms with E-state index in [4.69, 9.17) is 10.5 Å². The van der Waals surface area contributed by atoms with Crippen LogP contribution in [0.5, 0.6) is 0 Å². The molecule has 0 aromatic carbocycles. The zero-order valence-corrected chi connectivity index (χ0v) is 11.5. The number of hydrogen-bond donors (Lipinski definition) is 2. The highest BCUT2D eigenvalue weighted by Crippen LogP contribution is 2.42. The monoisotopic (exact) mass is 240 g/mol. The normalized spacial score (nSPS) is 40.9. The zero-order chi connectivity index (χ0) is 12.5. The molecule has 100 valence electrons. The van der Waals surface area contributed by atoms with Crippen LogP contribution in [0.1, 0.15) is 46.0 Å². The molecule has 17 heavy (non-hydrogen) atoms. The number of nitrogens with two attached hydrogens (primary N) is 1. The summed E-state index contributed by atoms with van der Waals surface area (Å²) < 4.78 is 5.48. The van der Waals surface area contributed by atoms with Crippen LogP contribution in [0, 0.1) is 11.3 Å². The molecule has 0 saturated heterocycles. The molecule has 3 N–H and O–H groups in total. The maximum Gasteiger partial charge on any atom is 0.0652 e. The first kappa shape index (κ1) is 13.3. The smallest absolute Gasteiger partial charge is 0.0652 e. The summed E-state index contributed by atoms with van der Waals surface area (Å²) in [4.78, 5) is 0. The van der Waals surface area contributed by atoms with E-state index in [-0.39, 0.29) is 5.41 Å². The van der Waals surface area contributed by atoms with E-state index < -0.39 is 0 Å². The van der Waals surface area contributed by atoms with Gasteiger partial charge in [-0.2, -0.15) is 0 Å². The summed E-state index contributed by atoms with van der Waals surface area (Å²) in [5, 5.41) is 3.71. The van der Waals surface area contributed by atoms with Crippen molar-refractivity contribution < 1.29 is 4.74 Å². The predicted molar refractivity (Wildman–Crippen MR) is 70.9 cm³/mol. The van der Waals surface area contributed by atoms with Gasteiger partial charge >= 0.3 is 0 Å². The van der Waals surface area contributed by atoms with Gasteiger partial charge in [0.1, 0.15) is 0 Å². The van der Waals surface area contributed by atoms with Crippen LogP contribution in [0.2, 0.25) is 0 Å². The Labute approximate surface area is 105 Å². The first-order valence-corrected chi connectivity index (χ1v) is 7.07. The van der Waals surface area contributed by atoms with Crippen molar-refractivity contribution in [2.24, 2.45) is 17.1 Å². The van der Waals surface area contributed by atoms with Crippen LogP contribution in [0.25, 0.3) is 0 Å². The van der Waals surface area contributed by atoms with Gasteiger partial charge in [-0.25, -0.2) is 0 Å². The van der Waals surface area contributed by atoms with Crippen molar-refractivity contribution in [3.63, 3.8) is 0 Å². The van der Waals surface area contributed by atoms with Gasteiger partial charge in [-0.1, -0.05) is 26.7 Å². The number of methoxy groups -OCH3 is 1. The Morgan fingerprint density at radius 3 is 2.59 bits per heavy atom. The Hall–Kier alpha value is -0.120. The molecule has 2 aliphatic rings. The summed E-state index contributed by atoms with van der Waals surface area (Å²) in [7, 11) is 1.82. The molecule has 3 heteroatoms. The molecule has 2 aliphatic carbocycles. The van der Waals surface area contributed by atoms with E-state index in [1.807, 2.05) is 7.11 Å². The fourth-order valence-corrected chi connectivity index (χ4v) is 3.42. The molecule has 0 heterocycles. The van der Waals surface area contributed by atoms with Crippen LogP contribution >= 0.6 is 0 Å². The highest BCUT2D eigenvalue weighted by atomic mass is 16.5. The third-order valence-corrected chi connectivity index (χ3v) is 5.06. The molecule has 4 atom stereocenters. The largest absolute Gasteiger partial charge is 0.381 e. The fourth-order valence-electron chi connectivity index (χ4n) is 3.42.